The minimum Gasteiger partial charge on any atom is -0.357 e. The molecule has 6 heteroatoms. The van der Waals surface area contributed by atoms with Gasteiger partial charge in [0.1, 0.15) is 0 Å². The molecule has 0 spiro atoms. The topological polar surface area (TPSA) is 42.9 Å². The maximum atomic E-state index is 4.80. The highest BCUT2D eigenvalue weighted by molar-refractivity contribution is 14.0. The smallest absolute Gasteiger partial charge is 0.191 e. The number of hydrogen-bond acceptors (Lipinski definition) is 3. The minimum absolute atomic E-state index is 0. The molecular weight excluding hydrogens is 413 g/mol. The second kappa shape index (κ2) is 12.3. The highest BCUT2D eigenvalue weighted by Crippen LogP contribution is 2.18. The van der Waals surface area contributed by atoms with Gasteiger partial charge in [0.05, 0.1) is 0 Å². The van der Waals surface area contributed by atoms with Crippen LogP contribution >= 0.6 is 24.0 Å². The molecule has 2 fully saturated rings. The van der Waals surface area contributed by atoms with Crippen molar-refractivity contribution in [2.75, 3.05) is 52.9 Å². The average Bonchev–Trinajstić information content (AvgIpc) is 2.98. The zero-order chi connectivity index (χ0) is 16.5. The molecule has 0 aromatic heterocycles. The lowest BCUT2D eigenvalue weighted by molar-refractivity contribution is 0.147. The molecule has 2 N–H and O–H groups in total. The van der Waals surface area contributed by atoms with E-state index < -0.39 is 0 Å². The predicted molar refractivity (Wildman–Crippen MR) is 115 cm³/mol. The zero-order valence-corrected chi connectivity index (χ0v) is 18.2. The van der Waals surface area contributed by atoms with Gasteiger partial charge in [-0.05, 0) is 58.7 Å². The third kappa shape index (κ3) is 7.44. The summed E-state index contributed by atoms with van der Waals surface area (Å²) in [6.07, 6.45) is 6.71. The van der Waals surface area contributed by atoms with E-state index in [1.54, 1.807) is 0 Å². The monoisotopic (exact) mass is 451 g/mol. The maximum Gasteiger partial charge on any atom is 0.191 e. The van der Waals surface area contributed by atoms with Gasteiger partial charge in [-0.25, -0.2) is 0 Å². The molecule has 2 unspecified atom stereocenters. The normalized spacial score (nSPS) is 26.2. The molecule has 2 aliphatic rings. The number of rotatable bonds is 7. The molecule has 2 atom stereocenters. The zero-order valence-electron chi connectivity index (χ0n) is 15.9. The second-order valence-electron chi connectivity index (χ2n) is 7.16. The average molecular weight is 451 g/mol. The first kappa shape index (κ1) is 22.0. The Morgan fingerprint density at radius 2 is 1.96 bits per heavy atom. The SMILES string of the molecule is CCNC(=NCC1CCN(C)C1)NCCN1CCCCC1CC.I. The van der Waals surface area contributed by atoms with Crippen molar-refractivity contribution >= 4 is 29.9 Å². The largest absolute Gasteiger partial charge is 0.357 e. The van der Waals surface area contributed by atoms with Crippen LogP contribution < -0.4 is 10.6 Å². The lowest BCUT2D eigenvalue weighted by Gasteiger charge is -2.35. The summed E-state index contributed by atoms with van der Waals surface area (Å²) >= 11 is 0. The van der Waals surface area contributed by atoms with Crippen LogP contribution in [0.3, 0.4) is 0 Å². The third-order valence-corrected chi connectivity index (χ3v) is 5.25. The maximum absolute atomic E-state index is 4.80. The van der Waals surface area contributed by atoms with Crippen molar-refractivity contribution in [3.05, 3.63) is 0 Å². The summed E-state index contributed by atoms with van der Waals surface area (Å²) < 4.78 is 0. The molecule has 0 radical (unpaired) electrons. The summed E-state index contributed by atoms with van der Waals surface area (Å²) in [5.41, 5.74) is 0. The summed E-state index contributed by atoms with van der Waals surface area (Å²) in [4.78, 5) is 9.86. The Morgan fingerprint density at radius 1 is 1.12 bits per heavy atom. The van der Waals surface area contributed by atoms with E-state index in [-0.39, 0.29) is 24.0 Å². The Labute approximate surface area is 166 Å². The van der Waals surface area contributed by atoms with Crippen molar-refractivity contribution in [3.63, 3.8) is 0 Å². The summed E-state index contributed by atoms with van der Waals surface area (Å²) in [6, 6.07) is 0.791. The van der Waals surface area contributed by atoms with Crippen LogP contribution in [-0.2, 0) is 0 Å². The van der Waals surface area contributed by atoms with Crippen LogP contribution in [0.25, 0.3) is 0 Å². The molecule has 5 nitrogen and oxygen atoms in total. The van der Waals surface area contributed by atoms with E-state index in [0.29, 0.717) is 0 Å². The summed E-state index contributed by atoms with van der Waals surface area (Å²) in [5, 5.41) is 6.92. The fourth-order valence-electron chi connectivity index (χ4n) is 3.87. The van der Waals surface area contributed by atoms with Crippen molar-refractivity contribution in [1.29, 1.82) is 0 Å². The van der Waals surface area contributed by atoms with Crippen molar-refractivity contribution in [3.8, 4) is 0 Å². The molecule has 0 saturated carbocycles. The first-order chi connectivity index (χ1) is 11.2. The molecule has 0 aromatic carbocycles. The molecule has 0 amide bonds. The van der Waals surface area contributed by atoms with Gasteiger partial charge in [0, 0.05) is 38.8 Å². The number of piperidine rings is 1. The molecule has 2 heterocycles. The summed E-state index contributed by atoms with van der Waals surface area (Å²) in [5.74, 6) is 1.72. The van der Waals surface area contributed by atoms with Gasteiger partial charge >= 0.3 is 0 Å². The Bertz CT molecular complexity index is 363. The lowest BCUT2D eigenvalue weighted by atomic mass is 10.0. The predicted octanol–water partition coefficient (Wildman–Crippen LogP) is 2.38. The Kier molecular flexibility index (Phi) is 11.3. The van der Waals surface area contributed by atoms with Crippen molar-refractivity contribution in [1.82, 2.24) is 20.4 Å². The van der Waals surface area contributed by atoms with Crippen LogP contribution in [-0.4, -0.2) is 74.7 Å². The van der Waals surface area contributed by atoms with Gasteiger partial charge in [0.2, 0.25) is 0 Å². The molecule has 142 valence electrons. The Balaban J connectivity index is 0.00000288. The summed E-state index contributed by atoms with van der Waals surface area (Å²) in [6.45, 7) is 12.1. The number of likely N-dealkylation sites (tertiary alicyclic amines) is 2. The van der Waals surface area contributed by atoms with E-state index in [0.717, 1.165) is 44.1 Å². The van der Waals surface area contributed by atoms with Gasteiger partial charge in [-0.15, -0.1) is 24.0 Å². The fraction of sp³-hybridized carbons (Fsp3) is 0.944. The van der Waals surface area contributed by atoms with E-state index >= 15 is 0 Å². The number of nitrogens with zero attached hydrogens (tertiary/aromatic N) is 3. The van der Waals surface area contributed by atoms with Crippen molar-refractivity contribution < 1.29 is 0 Å². The van der Waals surface area contributed by atoms with Crippen LogP contribution in [0.5, 0.6) is 0 Å². The van der Waals surface area contributed by atoms with E-state index in [2.05, 4.69) is 41.3 Å². The van der Waals surface area contributed by atoms with Gasteiger partial charge in [-0.2, -0.15) is 0 Å². The number of hydrogen-bond donors (Lipinski definition) is 2. The number of nitrogens with one attached hydrogen (secondary N) is 2. The third-order valence-electron chi connectivity index (χ3n) is 5.25. The molecule has 2 aliphatic heterocycles. The lowest BCUT2D eigenvalue weighted by Crippen LogP contribution is -2.46. The standard InChI is InChI=1S/C18H37N5.HI/c1-4-17-8-6-7-11-23(17)13-10-20-18(19-5-2)21-14-16-9-12-22(3)15-16;/h16-17H,4-15H2,1-3H3,(H2,19,20,21);1H. The molecule has 0 aliphatic carbocycles. The van der Waals surface area contributed by atoms with Crippen LogP contribution in [0.4, 0.5) is 0 Å². The highest BCUT2D eigenvalue weighted by atomic mass is 127. The molecule has 0 aromatic rings. The molecule has 2 saturated heterocycles. The van der Waals surface area contributed by atoms with Crippen LogP contribution in [0.15, 0.2) is 4.99 Å². The molecule has 24 heavy (non-hydrogen) atoms. The molecule has 0 bridgehead atoms. The van der Waals surface area contributed by atoms with Gasteiger partial charge in [-0.3, -0.25) is 9.89 Å². The summed E-state index contributed by atoms with van der Waals surface area (Å²) in [7, 11) is 2.20. The van der Waals surface area contributed by atoms with Gasteiger partial charge in [0.25, 0.3) is 0 Å². The van der Waals surface area contributed by atoms with E-state index in [4.69, 9.17) is 4.99 Å². The highest BCUT2D eigenvalue weighted by Gasteiger charge is 2.20. The Morgan fingerprint density at radius 3 is 2.62 bits per heavy atom. The van der Waals surface area contributed by atoms with Gasteiger partial charge in [0.15, 0.2) is 5.96 Å². The Hall–Kier alpha value is -0.0800. The number of halogens is 1. The molecule has 2 rings (SSSR count). The van der Waals surface area contributed by atoms with Gasteiger partial charge in [-0.1, -0.05) is 13.3 Å². The minimum atomic E-state index is 0. The van der Waals surface area contributed by atoms with Crippen LogP contribution in [0.1, 0.15) is 46.0 Å². The number of guanidine groups is 1. The fourth-order valence-corrected chi connectivity index (χ4v) is 3.87. The quantitative estimate of drug-likeness (QED) is 0.355. The molecular formula is C18H38IN5. The second-order valence-corrected chi connectivity index (χ2v) is 7.16. The van der Waals surface area contributed by atoms with Crippen LogP contribution in [0, 0.1) is 5.92 Å². The first-order valence-corrected chi connectivity index (χ1v) is 9.67. The van der Waals surface area contributed by atoms with Gasteiger partial charge < -0.3 is 15.5 Å². The van der Waals surface area contributed by atoms with Crippen molar-refractivity contribution in [2.24, 2.45) is 10.9 Å². The van der Waals surface area contributed by atoms with E-state index in [1.807, 2.05) is 0 Å². The van der Waals surface area contributed by atoms with Crippen molar-refractivity contribution in [2.45, 2.75) is 52.0 Å². The first-order valence-electron chi connectivity index (χ1n) is 9.67. The van der Waals surface area contributed by atoms with Crippen LogP contribution in [0.2, 0.25) is 0 Å². The van der Waals surface area contributed by atoms with E-state index in [9.17, 15) is 0 Å². The van der Waals surface area contributed by atoms with E-state index in [1.165, 1.54) is 51.7 Å². The number of aliphatic imine (C=N–C) groups is 1.